The van der Waals surface area contributed by atoms with Crippen molar-refractivity contribution in [2.45, 2.75) is 31.4 Å². The van der Waals surface area contributed by atoms with Gasteiger partial charge in [0.25, 0.3) is 5.24 Å². The smallest absolute Gasteiger partial charge is 0.300 e. The van der Waals surface area contributed by atoms with Gasteiger partial charge in [-0.3, -0.25) is 14.9 Å². The molecule has 10 heteroatoms. The first-order valence-corrected chi connectivity index (χ1v) is 12.9. The van der Waals surface area contributed by atoms with Crippen LogP contribution < -0.4 is 15.0 Å². The van der Waals surface area contributed by atoms with E-state index in [1.165, 1.54) is 11.8 Å². The largest absolute Gasteiger partial charge is 0.326 e. The summed E-state index contributed by atoms with van der Waals surface area (Å²) in [6, 6.07) is 12.9. The molecular weight excluding hydrogens is 446 g/mol. The molecule has 2 aromatic rings. The van der Waals surface area contributed by atoms with Gasteiger partial charge in [0.05, 0.1) is 16.7 Å². The molecule has 0 atom stereocenters. The third kappa shape index (κ3) is 4.66. The molecule has 2 heterocycles. The van der Waals surface area contributed by atoms with E-state index in [-0.39, 0.29) is 5.24 Å². The number of carbonyl (C=O) groups is 1. The first-order valence-electron chi connectivity index (χ1n) is 10.2. The van der Waals surface area contributed by atoms with Crippen LogP contribution in [0.4, 0.5) is 16.2 Å². The average molecular weight is 472 g/mol. The summed E-state index contributed by atoms with van der Waals surface area (Å²) in [4.78, 5) is 13.7. The fourth-order valence-corrected chi connectivity index (χ4v) is 5.37. The van der Waals surface area contributed by atoms with Crippen LogP contribution >= 0.6 is 11.8 Å². The summed E-state index contributed by atoms with van der Waals surface area (Å²) < 4.78 is 24.8. The number of hydrazone groups is 1. The second kappa shape index (κ2) is 8.25. The number of amides is 1. The van der Waals surface area contributed by atoms with Crippen LogP contribution in [0, 0.1) is 5.41 Å². The molecule has 3 N–H and O–H groups in total. The van der Waals surface area contributed by atoms with Gasteiger partial charge < -0.3 is 4.90 Å². The van der Waals surface area contributed by atoms with E-state index in [4.69, 9.17) is 5.41 Å². The molecule has 0 bridgehead atoms. The number of rotatable bonds is 4. The Hall–Kier alpha value is -2.85. The summed E-state index contributed by atoms with van der Waals surface area (Å²) in [7, 11) is -3.34. The Morgan fingerprint density at radius 1 is 1.22 bits per heavy atom. The molecule has 2 aliphatic heterocycles. The number of aryl methyl sites for hydroxylation is 1. The number of fused-ring (bicyclic) bond motifs is 1. The maximum Gasteiger partial charge on any atom is 0.300 e. The minimum atomic E-state index is -3.34. The second-order valence-corrected chi connectivity index (χ2v) is 11.7. The normalized spacial score (nSPS) is 17.8. The molecule has 0 saturated heterocycles. The van der Waals surface area contributed by atoms with Crippen molar-refractivity contribution in [3.63, 3.8) is 0 Å². The third-order valence-corrected chi connectivity index (χ3v) is 6.97. The number of carbonyl (C=O) groups excluding carboxylic acids is 1. The number of benzene rings is 2. The van der Waals surface area contributed by atoms with E-state index >= 15 is 0 Å². The highest BCUT2D eigenvalue weighted by molar-refractivity contribution is 8.15. The third-order valence-electron chi connectivity index (χ3n) is 5.38. The average Bonchev–Trinajstić information content (AvgIpc) is 2.71. The van der Waals surface area contributed by atoms with Crippen LogP contribution in [0.2, 0.25) is 0 Å². The maximum absolute atomic E-state index is 11.7. The predicted octanol–water partition coefficient (Wildman–Crippen LogP) is 3.78. The molecule has 0 aliphatic carbocycles. The summed E-state index contributed by atoms with van der Waals surface area (Å²) in [6.45, 7) is 4.70. The molecule has 168 valence electrons. The van der Waals surface area contributed by atoms with E-state index in [9.17, 15) is 13.2 Å². The number of hydrogen-bond donors (Lipinski definition) is 3. The minimum Gasteiger partial charge on any atom is -0.326 e. The monoisotopic (exact) mass is 471 g/mol. The lowest BCUT2D eigenvalue weighted by Crippen LogP contribution is -2.39. The van der Waals surface area contributed by atoms with Gasteiger partial charge in [-0.2, -0.15) is 5.10 Å². The van der Waals surface area contributed by atoms with Crippen LogP contribution in [-0.4, -0.2) is 42.8 Å². The molecule has 0 saturated carbocycles. The van der Waals surface area contributed by atoms with Crippen LogP contribution in [0.5, 0.6) is 0 Å². The number of nitrogens with zero attached hydrogens (tertiary/aromatic N) is 2. The van der Waals surface area contributed by atoms with Crippen molar-refractivity contribution in [1.29, 1.82) is 5.41 Å². The molecule has 0 unspecified atom stereocenters. The van der Waals surface area contributed by atoms with Crippen molar-refractivity contribution in [3.8, 4) is 0 Å². The molecular formula is C22H25N5O3S2. The number of anilines is 2. The highest BCUT2D eigenvalue weighted by Crippen LogP contribution is 2.35. The lowest BCUT2D eigenvalue weighted by molar-refractivity contribution is 0.260. The second-order valence-electron chi connectivity index (χ2n) is 8.37. The lowest BCUT2D eigenvalue weighted by atomic mass is 9.93. The number of sulfonamides is 1. The van der Waals surface area contributed by atoms with Gasteiger partial charge in [0.2, 0.25) is 10.0 Å². The Kier molecular flexibility index (Phi) is 5.76. The molecule has 0 aromatic heterocycles. The van der Waals surface area contributed by atoms with Crippen LogP contribution in [0.3, 0.4) is 0 Å². The van der Waals surface area contributed by atoms with Crippen molar-refractivity contribution in [3.05, 3.63) is 59.2 Å². The van der Waals surface area contributed by atoms with E-state index in [2.05, 4.69) is 21.3 Å². The van der Waals surface area contributed by atoms with E-state index in [0.29, 0.717) is 17.1 Å². The molecule has 0 spiro atoms. The molecule has 0 radical (unpaired) electrons. The molecule has 1 amide bonds. The van der Waals surface area contributed by atoms with Gasteiger partial charge in [0.1, 0.15) is 5.84 Å². The number of thioether (sulfide) groups is 1. The highest BCUT2D eigenvalue weighted by atomic mass is 32.2. The Balaban J connectivity index is 1.60. The van der Waals surface area contributed by atoms with E-state index in [0.717, 1.165) is 48.2 Å². The standard InChI is InChI=1S/C22H25N5O3S2/c1-22(2)19(24-25-21(28)31-22)16-8-11-18-15(13-16)5-4-12-27(18)20(23)14-6-9-17(10-7-14)26-32(3,29)30/h6-11,13,23,26H,4-5,12H2,1-3H3,(H,25,28). The molecule has 2 aromatic carbocycles. The Labute approximate surface area is 192 Å². The van der Waals surface area contributed by atoms with Gasteiger partial charge >= 0.3 is 0 Å². The van der Waals surface area contributed by atoms with Crippen molar-refractivity contribution in [2.24, 2.45) is 5.10 Å². The summed E-state index contributed by atoms with van der Waals surface area (Å²) in [5, 5.41) is 12.9. The fraction of sp³-hybridized carbons (Fsp3) is 0.318. The molecule has 0 fully saturated rings. The Bertz CT molecular complexity index is 1220. The zero-order valence-electron chi connectivity index (χ0n) is 18.1. The van der Waals surface area contributed by atoms with Crippen molar-refractivity contribution in [2.75, 3.05) is 22.4 Å². The lowest BCUT2D eigenvalue weighted by Gasteiger charge is -2.33. The van der Waals surface area contributed by atoms with Gasteiger partial charge in [-0.25, -0.2) is 13.8 Å². The zero-order valence-corrected chi connectivity index (χ0v) is 19.7. The Morgan fingerprint density at radius 3 is 2.59 bits per heavy atom. The van der Waals surface area contributed by atoms with Crippen LogP contribution in [0.25, 0.3) is 0 Å². The summed E-state index contributed by atoms with van der Waals surface area (Å²) >= 11 is 1.22. The van der Waals surface area contributed by atoms with E-state index in [1.54, 1.807) is 24.3 Å². The summed E-state index contributed by atoms with van der Waals surface area (Å²) in [5.41, 5.74) is 7.63. The first kappa shape index (κ1) is 22.3. The first-order chi connectivity index (χ1) is 15.0. The van der Waals surface area contributed by atoms with Crippen molar-refractivity contribution >= 4 is 49.9 Å². The fourth-order valence-electron chi connectivity index (χ4n) is 3.99. The SMILES string of the molecule is CC1(C)SC(=O)NN=C1c1ccc2c(c1)CCCN2C(=N)c1ccc(NS(C)(=O)=O)cc1. The summed E-state index contributed by atoms with van der Waals surface area (Å²) in [6.07, 6.45) is 2.92. The van der Waals surface area contributed by atoms with Crippen LogP contribution in [0.1, 0.15) is 37.0 Å². The van der Waals surface area contributed by atoms with Gasteiger partial charge in [0, 0.05) is 23.5 Å². The van der Waals surface area contributed by atoms with Crippen LogP contribution in [-0.2, 0) is 16.4 Å². The van der Waals surface area contributed by atoms with Gasteiger partial charge in [-0.1, -0.05) is 17.8 Å². The van der Waals surface area contributed by atoms with Crippen molar-refractivity contribution < 1.29 is 13.2 Å². The van der Waals surface area contributed by atoms with Gasteiger partial charge in [-0.15, -0.1) is 0 Å². The van der Waals surface area contributed by atoms with Crippen LogP contribution in [0.15, 0.2) is 47.6 Å². The minimum absolute atomic E-state index is 0.158. The summed E-state index contributed by atoms with van der Waals surface area (Å²) in [5.74, 6) is 0.364. The quantitative estimate of drug-likeness (QED) is 0.464. The number of amidine groups is 1. The van der Waals surface area contributed by atoms with Gasteiger partial charge in [0.15, 0.2) is 0 Å². The highest BCUT2D eigenvalue weighted by Gasteiger charge is 2.34. The molecule has 2 aliphatic rings. The predicted molar refractivity (Wildman–Crippen MR) is 131 cm³/mol. The Morgan fingerprint density at radius 2 is 1.94 bits per heavy atom. The number of nitrogens with one attached hydrogen (secondary N) is 3. The molecule has 32 heavy (non-hydrogen) atoms. The topological polar surface area (TPSA) is 115 Å². The number of hydrogen-bond acceptors (Lipinski definition) is 6. The zero-order chi connectivity index (χ0) is 23.1. The van der Waals surface area contributed by atoms with Crippen molar-refractivity contribution in [1.82, 2.24) is 5.43 Å². The molecule has 8 nitrogen and oxygen atoms in total. The van der Waals surface area contributed by atoms with E-state index < -0.39 is 14.8 Å². The maximum atomic E-state index is 11.7. The molecule has 4 rings (SSSR count). The van der Waals surface area contributed by atoms with E-state index in [1.807, 2.05) is 30.9 Å². The van der Waals surface area contributed by atoms with Gasteiger partial charge in [-0.05, 0) is 74.2 Å².